The summed E-state index contributed by atoms with van der Waals surface area (Å²) >= 11 is 1.93. The van der Waals surface area contributed by atoms with E-state index in [1.807, 2.05) is 23.9 Å². The lowest BCUT2D eigenvalue weighted by Crippen LogP contribution is -1.97. The highest BCUT2D eigenvalue weighted by Crippen LogP contribution is 2.14. The molecule has 0 aliphatic rings. The van der Waals surface area contributed by atoms with Crippen LogP contribution in [-0.2, 0) is 5.75 Å². The van der Waals surface area contributed by atoms with Crippen molar-refractivity contribution in [2.45, 2.75) is 25.0 Å². The molecule has 0 unspecified atom stereocenters. The van der Waals surface area contributed by atoms with Crippen molar-refractivity contribution in [3.63, 3.8) is 0 Å². The lowest BCUT2D eigenvalue weighted by Gasteiger charge is -1.98. The molecule has 0 amide bonds. The van der Waals surface area contributed by atoms with Gasteiger partial charge in [0.2, 0.25) is 0 Å². The molecule has 3 heteroatoms. The van der Waals surface area contributed by atoms with E-state index in [0.29, 0.717) is 0 Å². The third kappa shape index (κ3) is 5.01. The van der Waals surface area contributed by atoms with Crippen LogP contribution in [0.3, 0.4) is 0 Å². The summed E-state index contributed by atoms with van der Waals surface area (Å²) in [5.74, 6) is 3.28. The van der Waals surface area contributed by atoms with Crippen LogP contribution >= 0.6 is 11.8 Å². The first-order chi connectivity index (χ1) is 6.43. The minimum absolute atomic E-state index is 0.822. The summed E-state index contributed by atoms with van der Waals surface area (Å²) in [5, 5.41) is 0. The summed E-state index contributed by atoms with van der Waals surface area (Å²) in [7, 11) is 0. The minimum atomic E-state index is 0.822. The molecule has 0 atom stereocenters. The van der Waals surface area contributed by atoms with Gasteiger partial charge in [-0.2, -0.15) is 11.8 Å². The maximum absolute atomic E-state index is 5.40. The van der Waals surface area contributed by atoms with E-state index in [0.717, 1.165) is 24.5 Å². The summed E-state index contributed by atoms with van der Waals surface area (Å²) in [6.45, 7) is 0.822. The highest BCUT2D eigenvalue weighted by atomic mass is 32.2. The first kappa shape index (κ1) is 10.7. The van der Waals surface area contributed by atoms with E-state index in [1.54, 1.807) is 6.26 Å². The monoisotopic (exact) mass is 199 g/mol. The average molecular weight is 199 g/mol. The molecule has 0 spiro atoms. The Bertz CT molecular complexity index is 199. The van der Waals surface area contributed by atoms with Crippen molar-refractivity contribution in [3.05, 3.63) is 24.2 Å². The summed E-state index contributed by atoms with van der Waals surface area (Å²) < 4.78 is 5.22. The molecule has 0 fully saturated rings. The number of rotatable bonds is 7. The Morgan fingerprint density at radius 1 is 1.31 bits per heavy atom. The second kappa shape index (κ2) is 7.04. The molecule has 1 aromatic heterocycles. The van der Waals surface area contributed by atoms with Gasteiger partial charge in [0.25, 0.3) is 0 Å². The molecular weight excluding hydrogens is 182 g/mol. The quantitative estimate of drug-likeness (QED) is 0.686. The Morgan fingerprint density at radius 2 is 2.23 bits per heavy atom. The average Bonchev–Trinajstić information content (AvgIpc) is 2.63. The van der Waals surface area contributed by atoms with Crippen LogP contribution in [0.4, 0.5) is 0 Å². The standard InChI is InChI=1S/C10H17NOS/c11-6-2-1-3-8-13-9-10-5-4-7-12-10/h4-5,7H,1-3,6,8-9,11H2. The molecule has 0 saturated heterocycles. The Hall–Kier alpha value is -0.410. The first-order valence-corrected chi connectivity index (χ1v) is 5.89. The highest BCUT2D eigenvalue weighted by Gasteiger charge is 1.95. The van der Waals surface area contributed by atoms with Gasteiger partial charge < -0.3 is 10.2 Å². The molecule has 1 aromatic rings. The molecule has 0 aliphatic heterocycles. The van der Waals surface area contributed by atoms with Crippen LogP contribution in [0, 0.1) is 0 Å². The lowest BCUT2D eigenvalue weighted by atomic mass is 10.2. The summed E-state index contributed by atoms with van der Waals surface area (Å²) in [6.07, 6.45) is 5.40. The molecule has 0 aliphatic carbocycles. The fourth-order valence-corrected chi connectivity index (χ4v) is 2.01. The fourth-order valence-electron chi connectivity index (χ4n) is 1.09. The maximum Gasteiger partial charge on any atom is 0.113 e. The summed E-state index contributed by atoms with van der Waals surface area (Å²) in [4.78, 5) is 0. The van der Waals surface area contributed by atoms with Gasteiger partial charge in [-0.05, 0) is 37.3 Å². The molecule has 1 rings (SSSR count). The van der Waals surface area contributed by atoms with Crippen LogP contribution in [0.15, 0.2) is 22.8 Å². The van der Waals surface area contributed by atoms with Gasteiger partial charge in [0.15, 0.2) is 0 Å². The van der Waals surface area contributed by atoms with Crippen molar-refractivity contribution in [1.29, 1.82) is 0 Å². The zero-order valence-electron chi connectivity index (χ0n) is 7.87. The van der Waals surface area contributed by atoms with Gasteiger partial charge >= 0.3 is 0 Å². The van der Waals surface area contributed by atoms with Crippen LogP contribution in [0.1, 0.15) is 25.0 Å². The molecule has 74 valence electrons. The SMILES string of the molecule is NCCCCCSCc1ccco1. The molecular formula is C10H17NOS. The number of hydrogen-bond donors (Lipinski definition) is 1. The predicted octanol–water partition coefficient (Wildman–Crippen LogP) is 2.64. The van der Waals surface area contributed by atoms with Gasteiger partial charge in [-0.3, -0.25) is 0 Å². The lowest BCUT2D eigenvalue weighted by molar-refractivity contribution is 0.530. The van der Waals surface area contributed by atoms with E-state index >= 15 is 0 Å². The molecule has 2 N–H and O–H groups in total. The number of furan rings is 1. The van der Waals surface area contributed by atoms with E-state index in [-0.39, 0.29) is 0 Å². The molecule has 1 heterocycles. The Labute approximate surface area is 83.9 Å². The van der Waals surface area contributed by atoms with Crippen LogP contribution in [0.25, 0.3) is 0 Å². The normalized spacial score (nSPS) is 10.5. The van der Waals surface area contributed by atoms with E-state index < -0.39 is 0 Å². The molecule has 2 nitrogen and oxygen atoms in total. The maximum atomic E-state index is 5.40. The van der Waals surface area contributed by atoms with Crippen LogP contribution in [-0.4, -0.2) is 12.3 Å². The molecule has 0 bridgehead atoms. The van der Waals surface area contributed by atoms with Crippen molar-refractivity contribution in [2.75, 3.05) is 12.3 Å². The van der Waals surface area contributed by atoms with E-state index in [9.17, 15) is 0 Å². The summed E-state index contributed by atoms with van der Waals surface area (Å²) in [6, 6.07) is 3.96. The number of nitrogens with two attached hydrogens (primary N) is 1. The highest BCUT2D eigenvalue weighted by molar-refractivity contribution is 7.98. The number of unbranched alkanes of at least 4 members (excludes halogenated alkanes) is 2. The van der Waals surface area contributed by atoms with E-state index in [2.05, 4.69) is 0 Å². The Kier molecular flexibility index (Phi) is 5.78. The summed E-state index contributed by atoms with van der Waals surface area (Å²) in [5.41, 5.74) is 5.40. The molecule has 0 saturated carbocycles. The predicted molar refractivity (Wildman–Crippen MR) is 57.8 cm³/mol. The number of thioether (sulfide) groups is 1. The number of hydrogen-bond acceptors (Lipinski definition) is 3. The van der Waals surface area contributed by atoms with Gasteiger partial charge in [-0.1, -0.05) is 6.42 Å². The van der Waals surface area contributed by atoms with E-state index in [4.69, 9.17) is 10.2 Å². The van der Waals surface area contributed by atoms with Gasteiger partial charge in [-0.15, -0.1) is 0 Å². The molecule has 0 aromatic carbocycles. The van der Waals surface area contributed by atoms with Crippen LogP contribution < -0.4 is 5.73 Å². The third-order valence-corrected chi connectivity index (χ3v) is 2.88. The molecule has 13 heavy (non-hydrogen) atoms. The first-order valence-electron chi connectivity index (χ1n) is 4.73. The largest absolute Gasteiger partial charge is 0.468 e. The van der Waals surface area contributed by atoms with Gasteiger partial charge in [0, 0.05) is 0 Å². The van der Waals surface area contributed by atoms with Crippen molar-refractivity contribution < 1.29 is 4.42 Å². The Morgan fingerprint density at radius 3 is 2.92 bits per heavy atom. The smallest absolute Gasteiger partial charge is 0.113 e. The van der Waals surface area contributed by atoms with Crippen molar-refractivity contribution in [2.24, 2.45) is 5.73 Å². The van der Waals surface area contributed by atoms with Gasteiger partial charge in [0.05, 0.1) is 12.0 Å². The van der Waals surface area contributed by atoms with Gasteiger partial charge in [-0.25, -0.2) is 0 Å². The molecule has 0 radical (unpaired) electrons. The third-order valence-electron chi connectivity index (χ3n) is 1.82. The van der Waals surface area contributed by atoms with Crippen molar-refractivity contribution >= 4 is 11.8 Å². The van der Waals surface area contributed by atoms with Crippen LogP contribution in [0.2, 0.25) is 0 Å². The van der Waals surface area contributed by atoms with Crippen LogP contribution in [0.5, 0.6) is 0 Å². The fraction of sp³-hybridized carbons (Fsp3) is 0.600. The topological polar surface area (TPSA) is 39.2 Å². The van der Waals surface area contributed by atoms with E-state index in [1.165, 1.54) is 18.6 Å². The van der Waals surface area contributed by atoms with Crippen molar-refractivity contribution in [3.8, 4) is 0 Å². The Balaban J connectivity index is 1.90. The van der Waals surface area contributed by atoms with Gasteiger partial charge in [0.1, 0.15) is 5.76 Å². The van der Waals surface area contributed by atoms with Crippen molar-refractivity contribution in [1.82, 2.24) is 0 Å². The zero-order valence-corrected chi connectivity index (χ0v) is 8.69. The minimum Gasteiger partial charge on any atom is -0.468 e. The zero-order chi connectivity index (χ0) is 9.36. The second-order valence-corrected chi connectivity index (χ2v) is 4.09. The second-order valence-electron chi connectivity index (χ2n) is 2.98.